The molecule has 1 heterocycles. The number of benzene rings is 1. The Morgan fingerprint density at radius 1 is 1.25 bits per heavy atom. The second-order valence-electron chi connectivity index (χ2n) is 5.47. The monoisotopic (exact) mass is 272 g/mol. The zero-order valence-corrected chi connectivity index (χ0v) is 13.0. The molecule has 0 bridgehead atoms. The Hall–Kier alpha value is -1.81. The van der Waals surface area contributed by atoms with Gasteiger partial charge in [-0.25, -0.2) is 0 Å². The van der Waals surface area contributed by atoms with E-state index in [9.17, 15) is 0 Å². The largest absolute Gasteiger partial charge is 0.378 e. The first-order valence-corrected chi connectivity index (χ1v) is 6.97. The Bertz CT molecular complexity index is 554. The van der Waals surface area contributed by atoms with Crippen molar-refractivity contribution in [3.63, 3.8) is 0 Å². The van der Waals surface area contributed by atoms with Crippen LogP contribution in [0.4, 0.5) is 5.69 Å². The highest BCUT2D eigenvalue weighted by Gasteiger charge is 2.11. The Morgan fingerprint density at radius 3 is 2.40 bits per heavy atom. The maximum Gasteiger partial charge on any atom is 0.0540 e. The van der Waals surface area contributed by atoms with E-state index in [2.05, 4.69) is 67.5 Å². The van der Waals surface area contributed by atoms with Gasteiger partial charge in [-0.1, -0.05) is 12.1 Å². The SMILES string of the molecule is Cc1c(C(C)NCc2ccc(N(C)C)cc2)cnn1C. The average molecular weight is 272 g/mol. The van der Waals surface area contributed by atoms with E-state index in [0.717, 1.165) is 6.54 Å². The molecule has 4 nitrogen and oxygen atoms in total. The second kappa shape index (κ2) is 6.09. The van der Waals surface area contributed by atoms with Crippen molar-refractivity contribution in [1.29, 1.82) is 0 Å². The summed E-state index contributed by atoms with van der Waals surface area (Å²) in [4.78, 5) is 2.11. The molecule has 1 atom stereocenters. The molecule has 20 heavy (non-hydrogen) atoms. The van der Waals surface area contributed by atoms with Gasteiger partial charge in [-0.05, 0) is 31.5 Å². The van der Waals surface area contributed by atoms with Crippen LogP contribution in [0.15, 0.2) is 30.5 Å². The molecular formula is C16H24N4. The summed E-state index contributed by atoms with van der Waals surface area (Å²) in [5.41, 5.74) is 5.00. The van der Waals surface area contributed by atoms with Gasteiger partial charge in [0.2, 0.25) is 0 Å². The van der Waals surface area contributed by atoms with Crippen molar-refractivity contribution in [3.8, 4) is 0 Å². The molecule has 1 aromatic heterocycles. The van der Waals surface area contributed by atoms with E-state index in [-0.39, 0.29) is 0 Å². The van der Waals surface area contributed by atoms with Crippen molar-refractivity contribution in [2.45, 2.75) is 26.4 Å². The molecular weight excluding hydrogens is 248 g/mol. The number of hydrogen-bond acceptors (Lipinski definition) is 3. The van der Waals surface area contributed by atoms with Crippen LogP contribution in [0.3, 0.4) is 0 Å². The maximum atomic E-state index is 4.29. The Balaban J connectivity index is 1.96. The summed E-state index contributed by atoms with van der Waals surface area (Å²) in [5.74, 6) is 0. The number of aromatic nitrogens is 2. The van der Waals surface area contributed by atoms with Crippen LogP contribution >= 0.6 is 0 Å². The van der Waals surface area contributed by atoms with Crippen LogP contribution in [0.25, 0.3) is 0 Å². The van der Waals surface area contributed by atoms with E-state index in [4.69, 9.17) is 0 Å². The van der Waals surface area contributed by atoms with Crippen molar-refractivity contribution in [1.82, 2.24) is 15.1 Å². The lowest BCUT2D eigenvalue weighted by Crippen LogP contribution is -2.18. The molecule has 0 radical (unpaired) electrons. The quantitative estimate of drug-likeness (QED) is 0.908. The van der Waals surface area contributed by atoms with Crippen molar-refractivity contribution in [3.05, 3.63) is 47.3 Å². The third kappa shape index (κ3) is 3.20. The highest BCUT2D eigenvalue weighted by Crippen LogP contribution is 2.17. The molecule has 0 saturated carbocycles. The fourth-order valence-electron chi connectivity index (χ4n) is 2.23. The van der Waals surface area contributed by atoms with Crippen molar-refractivity contribution >= 4 is 5.69 Å². The molecule has 108 valence electrons. The lowest BCUT2D eigenvalue weighted by molar-refractivity contribution is 0.570. The van der Waals surface area contributed by atoms with Gasteiger partial charge in [-0.3, -0.25) is 4.68 Å². The van der Waals surface area contributed by atoms with Crippen molar-refractivity contribution < 1.29 is 0 Å². The number of aryl methyl sites for hydroxylation is 1. The first-order chi connectivity index (χ1) is 9.49. The summed E-state index contributed by atoms with van der Waals surface area (Å²) in [6, 6.07) is 8.95. The molecule has 0 spiro atoms. The highest BCUT2D eigenvalue weighted by atomic mass is 15.3. The zero-order chi connectivity index (χ0) is 14.7. The van der Waals surface area contributed by atoms with Gasteiger partial charge in [0.15, 0.2) is 0 Å². The van der Waals surface area contributed by atoms with Crippen LogP contribution < -0.4 is 10.2 Å². The Morgan fingerprint density at radius 2 is 1.90 bits per heavy atom. The lowest BCUT2D eigenvalue weighted by Gasteiger charge is -2.15. The molecule has 0 aliphatic carbocycles. The molecule has 0 saturated heterocycles. The second-order valence-corrected chi connectivity index (χ2v) is 5.47. The fraction of sp³-hybridized carbons (Fsp3) is 0.438. The molecule has 1 N–H and O–H groups in total. The van der Waals surface area contributed by atoms with Gasteiger partial charge < -0.3 is 10.2 Å². The minimum atomic E-state index is 0.303. The van der Waals surface area contributed by atoms with Crippen LogP contribution in [0.2, 0.25) is 0 Å². The maximum absolute atomic E-state index is 4.29. The number of hydrogen-bond donors (Lipinski definition) is 1. The number of rotatable bonds is 5. The predicted octanol–water partition coefficient (Wildman–Crippen LogP) is 2.65. The van der Waals surface area contributed by atoms with E-state index in [1.807, 2.05) is 17.9 Å². The minimum absolute atomic E-state index is 0.303. The summed E-state index contributed by atoms with van der Waals surface area (Å²) in [6.45, 7) is 5.15. The number of nitrogens with one attached hydrogen (secondary N) is 1. The van der Waals surface area contributed by atoms with Gasteiger partial charge in [-0.2, -0.15) is 5.10 Å². The molecule has 0 aliphatic heterocycles. The van der Waals surface area contributed by atoms with Crippen LogP contribution in [-0.4, -0.2) is 23.9 Å². The molecule has 2 rings (SSSR count). The van der Waals surface area contributed by atoms with Crippen LogP contribution in [0.5, 0.6) is 0 Å². The van der Waals surface area contributed by atoms with Gasteiger partial charge in [0.05, 0.1) is 6.20 Å². The van der Waals surface area contributed by atoms with E-state index in [0.29, 0.717) is 6.04 Å². The molecule has 4 heteroatoms. The Labute approximate surface area is 121 Å². The Kier molecular flexibility index (Phi) is 4.45. The zero-order valence-electron chi connectivity index (χ0n) is 13.0. The van der Waals surface area contributed by atoms with E-state index < -0.39 is 0 Å². The van der Waals surface area contributed by atoms with Crippen LogP contribution in [-0.2, 0) is 13.6 Å². The number of nitrogens with zero attached hydrogens (tertiary/aromatic N) is 3. The van der Waals surface area contributed by atoms with Crippen molar-refractivity contribution in [2.24, 2.45) is 7.05 Å². The lowest BCUT2D eigenvalue weighted by atomic mass is 10.1. The summed E-state index contributed by atoms with van der Waals surface area (Å²) in [7, 11) is 6.09. The third-order valence-corrected chi connectivity index (χ3v) is 3.80. The summed E-state index contributed by atoms with van der Waals surface area (Å²) >= 11 is 0. The third-order valence-electron chi connectivity index (χ3n) is 3.80. The molecule has 0 fully saturated rings. The normalized spacial score (nSPS) is 12.4. The molecule has 1 aromatic carbocycles. The van der Waals surface area contributed by atoms with Crippen molar-refractivity contribution in [2.75, 3.05) is 19.0 Å². The molecule has 1 unspecified atom stereocenters. The smallest absolute Gasteiger partial charge is 0.0540 e. The first-order valence-electron chi connectivity index (χ1n) is 6.97. The van der Waals surface area contributed by atoms with Gasteiger partial charge >= 0.3 is 0 Å². The molecule has 0 aliphatic rings. The molecule has 0 amide bonds. The molecule has 2 aromatic rings. The summed E-state index contributed by atoms with van der Waals surface area (Å²) < 4.78 is 1.92. The van der Waals surface area contributed by atoms with Gasteiger partial charge in [0.25, 0.3) is 0 Å². The minimum Gasteiger partial charge on any atom is -0.378 e. The average Bonchev–Trinajstić information content (AvgIpc) is 2.77. The van der Waals surface area contributed by atoms with E-state index >= 15 is 0 Å². The highest BCUT2D eigenvalue weighted by molar-refractivity contribution is 5.45. The van der Waals surface area contributed by atoms with Gasteiger partial charge in [-0.15, -0.1) is 0 Å². The number of anilines is 1. The van der Waals surface area contributed by atoms with E-state index in [1.54, 1.807) is 0 Å². The van der Waals surface area contributed by atoms with Crippen LogP contribution in [0, 0.1) is 6.92 Å². The topological polar surface area (TPSA) is 33.1 Å². The first kappa shape index (κ1) is 14.6. The van der Waals surface area contributed by atoms with Crippen LogP contribution in [0.1, 0.15) is 29.8 Å². The summed E-state index contributed by atoms with van der Waals surface area (Å²) in [5, 5.41) is 7.85. The fourth-order valence-corrected chi connectivity index (χ4v) is 2.23. The standard InChI is InChI=1S/C16H24N4/c1-12(16-11-18-20(5)13(16)2)17-10-14-6-8-15(9-7-14)19(3)4/h6-9,11-12,17H,10H2,1-5H3. The van der Waals surface area contributed by atoms with Gasteiger partial charge in [0, 0.05) is 50.7 Å². The predicted molar refractivity (Wildman–Crippen MR) is 84.0 cm³/mol. The van der Waals surface area contributed by atoms with Gasteiger partial charge in [0.1, 0.15) is 0 Å². The summed E-state index contributed by atoms with van der Waals surface area (Å²) in [6.07, 6.45) is 1.95. The van der Waals surface area contributed by atoms with E-state index in [1.165, 1.54) is 22.5 Å².